The highest BCUT2D eigenvalue weighted by Crippen LogP contribution is 2.41. The number of H-pyrrole nitrogens is 1. The van der Waals surface area contributed by atoms with Gasteiger partial charge in [-0.05, 0) is 55.5 Å². The largest absolute Gasteiger partial charge is 0.368 e. The van der Waals surface area contributed by atoms with Crippen LogP contribution >= 0.6 is 0 Å². The fourth-order valence-corrected chi connectivity index (χ4v) is 4.54. The van der Waals surface area contributed by atoms with Gasteiger partial charge in [-0.2, -0.15) is 10.2 Å². The monoisotopic (exact) mass is 452 g/mol. The number of hydrogen-bond acceptors (Lipinski definition) is 4. The predicted octanol–water partition coefficient (Wildman–Crippen LogP) is 4.72. The number of carbonyl (C=O) groups excluding carboxylic acids is 1. The van der Waals surface area contributed by atoms with Gasteiger partial charge in [0.25, 0.3) is 0 Å². The lowest BCUT2D eigenvalue weighted by molar-refractivity contribution is -0.117. The molecular weight excluding hydrogens is 426 g/mol. The van der Waals surface area contributed by atoms with E-state index in [4.69, 9.17) is 0 Å². The first-order chi connectivity index (χ1) is 16.0. The molecule has 172 valence electrons. The molecule has 4 aromatic rings. The van der Waals surface area contributed by atoms with E-state index < -0.39 is 12.1 Å². The van der Waals surface area contributed by atoms with Gasteiger partial charge < -0.3 is 10.2 Å². The summed E-state index contributed by atoms with van der Waals surface area (Å²) in [5, 5.41) is 15.1. The zero-order chi connectivity index (χ0) is 23.3. The van der Waals surface area contributed by atoms with Crippen molar-refractivity contribution in [3.8, 4) is 11.1 Å². The van der Waals surface area contributed by atoms with Crippen molar-refractivity contribution in [3.05, 3.63) is 42.0 Å². The molecule has 7 nitrogen and oxygen atoms in total. The zero-order valence-electron chi connectivity index (χ0n) is 18.8. The Hall–Kier alpha value is -3.49. The smallest absolute Gasteiger partial charge is 0.231 e. The molecule has 0 aliphatic heterocycles. The van der Waals surface area contributed by atoms with Gasteiger partial charge in [-0.15, -0.1) is 0 Å². The number of pyridine rings is 1. The third-order valence-corrected chi connectivity index (χ3v) is 6.41. The lowest BCUT2D eigenvalue weighted by Gasteiger charge is -2.25. The van der Waals surface area contributed by atoms with Crippen molar-refractivity contribution in [2.75, 3.05) is 23.3 Å². The van der Waals surface area contributed by atoms with Crippen LogP contribution in [0.4, 0.5) is 20.3 Å². The maximum absolute atomic E-state index is 15.8. The number of carbonyl (C=O) groups is 1. The molecular formula is C24H26F2N6O. The van der Waals surface area contributed by atoms with Crippen LogP contribution < -0.4 is 10.2 Å². The molecule has 1 aromatic carbocycles. The van der Waals surface area contributed by atoms with Crippen molar-refractivity contribution in [2.24, 2.45) is 5.92 Å². The summed E-state index contributed by atoms with van der Waals surface area (Å²) < 4.78 is 30.7. The Bertz CT molecular complexity index is 1360. The summed E-state index contributed by atoms with van der Waals surface area (Å²) in [4.78, 5) is 14.1. The van der Waals surface area contributed by atoms with Crippen LogP contribution in [0, 0.1) is 11.7 Å². The molecule has 2 atom stereocenters. The number of amides is 1. The van der Waals surface area contributed by atoms with Gasteiger partial charge in [0.15, 0.2) is 11.6 Å². The molecule has 0 radical (unpaired) electrons. The number of fused-ring (bicyclic) bond motifs is 2. The Morgan fingerprint density at radius 1 is 1.30 bits per heavy atom. The fourth-order valence-electron chi connectivity index (χ4n) is 4.54. The predicted molar refractivity (Wildman–Crippen MR) is 125 cm³/mol. The van der Waals surface area contributed by atoms with Crippen LogP contribution in [0.2, 0.25) is 0 Å². The molecule has 0 spiro atoms. The fraction of sp³-hybridized carbons (Fsp3) is 0.375. The van der Waals surface area contributed by atoms with E-state index in [2.05, 4.69) is 20.6 Å². The third-order valence-electron chi connectivity index (χ3n) is 6.41. The van der Waals surface area contributed by atoms with Crippen molar-refractivity contribution in [3.63, 3.8) is 0 Å². The van der Waals surface area contributed by atoms with E-state index in [1.807, 2.05) is 37.8 Å². The molecule has 3 aromatic heterocycles. The SMILES string of the molecule is CCc1c(F)c(N(CC)CC)c2[nH]ncc2c1-c1ccn2nc(NC(=O)[C@@H]3C[C@@H]3F)cc2c1. The molecule has 3 heterocycles. The van der Waals surface area contributed by atoms with Crippen molar-refractivity contribution >= 4 is 33.8 Å². The van der Waals surface area contributed by atoms with Gasteiger partial charge in [-0.3, -0.25) is 9.89 Å². The first-order valence-corrected chi connectivity index (χ1v) is 11.3. The second kappa shape index (κ2) is 8.13. The number of rotatable bonds is 7. The van der Waals surface area contributed by atoms with Gasteiger partial charge in [0.1, 0.15) is 6.17 Å². The average molecular weight is 453 g/mol. The van der Waals surface area contributed by atoms with Gasteiger partial charge in [-0.1, -0.05) is 6.92 Å². The minimum Gasteiger partial charge on any atom is -0.368 e. The summed E-state index contributed by atoms with van der Waals surface area (Å²) in [7, 11) is 0. The topological polar surface area (TPSA) is 78.3 Å². The second-order valence-electron chi connectivity index (χ2n) is 8.36. The van der Waals surface area contributed by atoms with Gasteiger partial charge >= 0.3 is 0 Å². The minimum atomic E-state index is -1.06. The molecule has 2 N–H and O–H groups in total. The number of aromatic nitrogens is 4. The quantitative estimate of drug-likeness (QED) is 0.425. The van der Waals surface area contributed by atoms with Crippen molar-refractivity contribution in [2.45, 2.75) is 39.8 Å². The van der Waals surface area contributed by atoms with Gasteiger partial charge in [0.05, 0.1) is 28.8 Å². The number of benzene rings is 1. The number of aromatic amines is 1. The zero-order valence-corrected chi connectivity index (χ0v) is 18.8. The summed E-state index contributed by atoms with van der Waals surface area (Å²) >= 11 is 0. The molecule has 0 saturated heterocycles. The average Bonchev–Trinajstić information content (AvgIpc) is 3.18. The first kappa shape index (κ1) is 21.4. The van der Waals surface area contributed by atoms with E-state index >= 15 is 4.39 Å². The Morgan fingerprint density at radius 2 is 2.06 bits per heavy atom. The molecule has 5 rings (SSSR count). The highest BCUT2D eigenvalue weighted by Gasteiger charge is 2.43. The Kier molecular flexibility index (Phi) is 5.26. The van der Waals surface area contributed by atoms with Gasteiger partial charge in [0, 0.05) is 30.7 Å². The van der Waals surface area contributed by atoms with E-state index in [1.54, 1.807) is 23.0 Å². The summed E-state index contributed by atoms with van der Waals surface area (Å²) in [6.45, 7) is 7.33. The summed E-state index contributed by atoms with van der Waals surface area (Å²) in [6.07, 6.45) is 3.24. The molecule has 1 fully saturated rings. The van der Waals surface area contributed by atoms with Gasteiger partial charge in [0.2, 0.25) is 5.91 Å². The van der Waals surface area contributed by atoms with E-state index in [9.17, 15) is 9.18 Å². The molecule has 9 heteroatoms. The molecule has 1 aliphatic carbocycles. The van der Waals surface area contributed by atoms with Crippen LogP contribution in [0.5, 0.6) is 0 Å². The summed E-state index contributed by atoms with van der Waals surface area (Å²) in [5.74, 6) is -0.810. The van der Waals surface area contributed by atoms with Crippen molar-refractivity contribution < 1.29 is 13.6 Å². The lowest BCUT2D eigenvalue weighted by Crippen LogP contribution is -2.24. The van der Waals surface area contributed by atoms with E-state index in [1.165, 1.54) is 0 Å². The normalized spacial score (nSPS) is 17.6. The number of hydrogen-bond donors (Lipinski definition) is 2. The Morgan fingerprint density at radius 3 is 2.73 bits per heavy atom. The number of anilines is 2. The molecule has 33 heavy (non-hydrogen) atoms. The van der Waals surface area contributed by atoms with Crippen LogP contribution in [0.25, 0.3) is 27.5 Å². The van der Waals surface area contributed by atoms with E-state index in [0.717, 1.165) is 22.0 Å². The number of alkyl halides is 1. The first-order valence-electron chi connectivity index (χ1n) is 11.3. The maximum atomic E-state index is 15.8. The second-order valence-corrected chi connectivity index (χ2v) is 8.36. The van der Waals surface area contributed by atoms with Crippen LogP contribution in [-0.2, 0) is 11.2 Å². The Labute approximate surface area is 189 Å². The van der Waals surface area contributed by atoms with Crippen LogP contribution in [0.1, 0.15) is 32.8 Å². The van der Waals surface area contributed by atoms with Gasteiger partial charge in [-0.25, -0.2) is 13.3 Å². The number of halogens is 2. The minimum absolute atomic E-state index is 0.237. The van der Waals surface area contributed by atoms with Crippen LogP contribution in [0.15, 0.2) is 30.6 Å². The van der Waals surface area contributed by atoms with Crippen LogP contribution in [0.3, 0.4) is 0 Å². The molecule has 1 saturated carbocycles. The highest BCUT2D eigenvalue weighted by molar-refractivity contribution is 6.03. The number of nitrogens with zero attached hydrogens (tertiary/aromatic N) is 4. The lowest BCUT2D eigenvalue weighted by atomic mass is 9.93. The number of nitrogens with one attached hydrogen (secondary N) is 2. The standard InChI is InChI=1S/C24H26F2N6O/c1-4-15-20(17-12-27-29-22(17)23(21(15)26)31(5-2)6-3)13-7-8-32-14(9-13)10-19(30-32)28-24(33)16-11-18(16)25/h7-10,12,16,18H,4-6,11H2,1-3H3,(H,27,29)(H,28,30,33)/t16-,18+/m1/s1. The van der Waals surface area contributed by atoms with Crippen LogP contribution in [-0.4, -0.2) is 45.0 Å². The third kappa shape index (κ3) is 3.51. The van der Waals surface area contributed by atoms with Crippen molar-refractivity contribution in [1.82, 2.24) is 19.8 Å². The summed E-state index contributed by atoms with van der Waals surface area (Å²) in [6, 6.07) is 5.52. The van der Waals surface area contributed by atoms with E-state index in [-0.39, 0.29) is 18.1 Å². The molecule has 1 aliphatic rings. The molecule has 0 bridgehead atoms. The van der Waals surface area contributed by atoms with Crippen molar-refractivity contribution in [1.29, 1.82) is 0 Å². The highest BCUT2D eigenvalue weighted by atomic mass is 19.1. The maximum Gasteiger partial charge on any atom is 0.231 e. The summed E-state index contributed by atoms with van der Waals surface area (Å²) in [5.41, 5.74) is 4.22. The van der Waals surface area contributed by atoms with E-state index in [0.29, 0.717) is 42.1 Å². The molecule has 1 amide bonds. The Balaban J connectivity index is 1.61. The molecule has 0 unspecified atom stereocenters.